The van der Waals surface area contributed by atoms with Crippen molar-refractivity contribution in [3.05, 3.63) is 28.8 Å². The molecule has 0 aliphatic carbocycles. The molecule has 0 aliphatic heterocycles. The molecule has 0 saturated carbocycles. The van der Waals surface area contributed by atoms with E-state index in [0.717, 1.165) is 6.42 Å². The van der Waals surface area contributed by atoms with Gasteiger partial charge in [-0.25, -0.2) is 0 Å². The van der Waals surface area contributed by atoms with Gasteiger partial charge in [-0.2, -0.15) is 0 Å². The van der Waals surface area contributed by atoms with Crippen molar-refractivity contribution in [1.29, 1.82) is 0 Å². The van der Waals surface area contributed by atoms with Gasteiger partial charge in [0.15, 0.2) is 6.61 Å². The number of hydrogen-bond donors (Lipinski definition) is 2. The van der Waals surface area contributed by atoms with Gasteiger partial charge in [0.1, 0.15) is 5.75 Å². The molecule has 1 amide bonds. The van der Waals surface area contributed by atoms with Crippen LogP contribution in [-0.4, -0.2) is 23.7 Å². The lowest BCUT2D eigenvalue weighted by Crippen LogP contribution is -2.35. The fourth-order valence-electron chi connectivity index (χ4n) is 1.46. The first-order valence-electron chi connectivity index (χ1n) is 6.33. The number of halogens is 1. The van der Waals surface area contributed by atoms with Crippen LogP contribution in [0.25, 0.3) is 0 Å². The zero-order valence-corrected chi connectivity index (χ0v) is 12.2. The first-order chi connectivity index (χ1) is 8.93. The third-order valence-corrected chi connectivity index (χ3v) is 3.11. The van der Waals surface area contributed by atoms with Crippen LogP contribution < -0.4 is 10.1 Å². The van der Waals surface area contributed by atoms with E-state index in [1.807, 2.05) is 13.8 Å². The Morgan fingerprint density at radius 1 is 1.47 bits per heavy atom. The second-order valence-corrected chi connectivity index (χ2v) is 4.94. The first-order valence-corrected chi connectivity index (χ1v) is 6.71. The van der Waals surface area contributed by atoms with E-state index in [2.05, 4.69) is 5.32 Å². The predicted octanol–water partition coefficient (Wildman–Crippen LogP) is 2.69. The highest BCUT2D eigenvalue weighted by molar-refractivity contribution is 6.32. The molecule has 0 heterocycles. The molecule has 5 heteroatoms. The number of hydrogen-bond acceptors (Lipinski definition) is 3. The summed E-state index contributed by atoms with van der Waals surface area (Å²) in [6.07, 6.45) is 0.288. The van der Waals surface area contributed by atoms with Crippen molar-refractivity contribution in [3.8, 4) is 5.75 Å². The summed E-state index contributed by atoms with van der Waals surface area (Å²) in [6.45, 7) is 5.52. The Morgan fingerprint density at radius 2 is 2.16 bits per heavy atom. The van der Waals surface area contributed by atoms with Crippen LogP contribution >= 0.6 is 11.6 Å². The SMILES string of the molecule is CCC(C)NC(=O)COc1ccc([C@@H](C)O)cc1Cl. The van der Waals surface area contributed by atoms with Crippen LogP contribution in [0.2, 0.25) is 5.02 Å². The van der Waals surface area contributed by atoms with Gasteiger partial charge in [0.2, 0.25) is 0 Å². The molecule has 0 aliphatic rings. The van der Waals surface area contributed by atoms with Crippen molar-refractivity contribution in [2.45, 2.75) is 39.3 Å². The van der Waals surface area contributed by atoms with Crippen molar-refractivity contribution in [2.75, 3.05) is 6.61 Å². The lowest BCUT2D eigenvalue weighted by molar-refractivity contribution is -0.123. The van der Waals surface area contributed by atoms with Gasteiger partial charge in [-0.1, -0.05) is 24.6 Å². The van der Waals surface area contributed by atoms with Gasteiger partial charge in [-0.05, 0) is 38.0 Å². The topological polar surface area (TPSA) is 58.6 Å². The highest BCUT2D eigenvalue weighted by Gasteiger charge is 2.10. The van der Waals surface area contributed by atoms with Crippen molar-refractivity contribution in [3.63, 3.8) is 0 Å². The summed E-state index contributed by atoms with van der Waals surface area (Å²) in [7, 11) is 0. The van der Waals surface area contributed by atoms with E-state index in [-0.39, 0.29) is 18.6 Å². The number of aliphatic hydroxyl groups is 1. The number of carbonyl (C=O) groups excluding carboxylic acids is 1. The van der Waals surface area contributed by atoms with Crippen molar-refractivity contribution in [2.24, 2.45) is 0 Å². The van der Waals surface area contributed by atoms with Crippen LogP contribution in [0, 0.1) is 0 Å². The zero-order chi connectivity index (χ0) is 14.4. The van der Waals surface area contributed by atoms with Crippen LogP contribution in [0.15, 0.2) is 18.2 Å². The third kappa shape index (κ3) is 5.09. The van der Waals surface area contributed by atoms with Crippen LogP contribution in [0.5, 0.6) is 5.75 Å². The molecular formula is C14H20ClNO3. The van der Waals surface area contributed by atoms with E-state index < -0.39 is 6.10 Å². The highest BCUT2D eigenvalue weighted by atomic mass is 35.5. The Bertz CT molecular complexity index is 435. The van der Waals surface area contributed by atoms with Gasteiger partial charge < -0.3 is 15.2 Å². The number of nitrogens with one attached hydrogen (secondary N) is 1. The minimum Gasteiger partial charge on any atom is -0.482 e. The van der Waals surface area contributed by atoms with Crippen molar-refractivity contribution >= 4 is 17.5 Å². The number of rotatable bonds is 6. The van der Waals surface area contributed by atoms with E-state index in [4.69, 9.17) is 16.3 Å². The molecule has 0 aromatic heterocycles. The Labute approximate surface area is 118 Å². The summed E-state index contributed by atoms with van der Waals surface area (Å²) in [4.78, 5) is 11.6. The summed E-state index contributed by atoms with van der Waals surface area (Å²) in [5.74, 6) is 0.260. The molecular weight excluding hydrogens is 266 g/mol. The molecule has 1 aromatic carbocycles. The number of amides is 1. The molecule has 1 aromatic rings. The van der Waals surface area contributed by atoms with Gasteiger partial charge in [0.25, 0.3) is 5.91 Å². The Hall–Kier alpha value is -1.26. The van der Waals surface area contributed by atoms with Gasteiger partial charge >= 0.3 is 0 Å². The van der Waals surface area contributed by atoms with Gasteiger partial charge in [-0.3, -0.25) is 4.79 Å². The number of ether oxygens (including phenoxy) is 1. The largest absolute Gasteiger partial charge is 0.482 e. The lowest BCUT2D eigenvalue weighted by Gasteiger charge is -2.13. The van der Waals surface area contributed by atoms with E-state index in [0.29, 0.717) is 16.3 Å². The van der Waals surface area contributed by atoms with E-state index in [1.54, 1.807) is 25.1 Å². The molecule has 4 nitrogen and oxygen atoms in total. The maximum absolute atomic E-state index is 11.6. The van der Waals surface area contributed by atoms with Crippen LogP contribution in [0.1, 0.15) is 38.9 Å². The summed E-state index contributed by atoms with van der Waals surface area (Å²) in [5, 5.41) is 12.6. The average molecular weight is 286 g/mol. The van der Waals surface area contributed by atoms with Gasteiger partial charge in [0, 0.05) is 6.04 Å². The fraction of sp³-hybridized carbons (Fsp3) is 0.500. The molecule has 0 radical (unpaired) electrons. The molecule has 0 spiro atoms. The molecule has 1 unspecified atom stereocenters. The molecule has 19 heavy (non-hydrogen) atoms. The number of carbonyl (C=O) groups is 1. The second-order valence-electron chi connectivity index (χ2n) is 4.53. The number of aliphatic hydroxyl groups excluding tert-OH is 1. The fourth-order valence-corrected chi connectivity index (χ4v) is 1.70. The van der Waals surface area contributed by atoms with E-state index in [1.165, 1.54) is 0 Å². The van der Waals surface area contributed by atoms with Gasteiger partial charge in [-0.15, -0.1) is 0 Å². The molecule has 106 valence electrons. The monoisotopic (exact) mass is 285 g/mol. The van der Waals surface area contributed by atoms with E-state index in [9.17, 15) is 9.90 Å². The Morgan fingerprint density at radius 3 is 2.68 bits per heavy atom. The molecule has 0 fully saturated rings. The maximum atomic E-state index is 11.6. The van der Waals surface area contributed by atoms with Crippen LogP contribution in [0.4, 0.5) is 0 Å². The van der Waals surface area contributed by atoms with Crippen molar-refractivity contribution in [1.82, 2.24) is 5.32 Å². The molecule has 0 saturated heterocycles. The predicted molar refractivity (Wildman–Crippen MR) is 75.5 cm³/mol. The average Bonchev–Trinajstić information content (AvgIpc) is 2.36. The van der Waals surface area contributed by atoms with Gasteiger partial charge in [0.05, 0.1) is 11.1 Å². The standard InChI is InChI=1S/C14H20ClNO3/c1-4-9(2)16-14(18)8-19-13-6-5-11(10(3)17)7-12(13)15/h5-7,9-10,17H,4,8H2,1-3H3,(H,16,18)/t9?,10-/m1/s1. The molecule has 2 atom stereocenters. The normalized spacial score (nSPS) is 13.7. The molecule has 2 N–H and O–H groups in total. The highest BCUT2D eigenvalue weighted by Crippen LogP contribution is 2.27. The molecule has 1 rings (SSSR count). The third-order valence-electron chi connectivity index (χ3n) is 2.82. The van der Waals surface area contributed by atoms with Crippen LogP contribution in [-0.2, 0) is 4.79 Å². The molecule has 0 bridgehead atoms. The first kappa shape index (κ1) is 15.8. The summed E-state index contributed by atoms with van der Waals surface area (Å²) >= 11 is 6.02. The smallest absolute Gasteiger partial charge is 0.258 e. The summed E-state index contributed by atoms with van der Waals surface area (Å²) < 4.78 is 5.35. The Kier molecular flexibility index (Phi) is 6.12. The second kappa shape index (κ2) is 7.36. The van der Waals surface area contributed by atoms with Crippen molar-refractivity contribution < 1.29 is 14.6 Å². The van der Waals surface area contributed by atoms with E-state index >= 15 is 0 Å². The quantitative estimate of drug-likeness (QED) is 0.845. The maximum Gasteiger partial charge on any atom is 0.258 e. The number of benzene rings is 1. The minimum absolute atomic E-state index is 0.0713. The zero-order valence-electron chi connectivity index (χ0n) is 11.4. The van der Waals surface area contributed by atoms with Crippen LogP contribution in [0.3, 0.4) is 0 Å². The Balaban J connectivity index is 2.56. The summed E-state index contributed by atoms with van der Waals surface area (Å²) in [6, 6.07) is 5.14. The lowest BCUT2D eigenvalue weighted by atomic mass is 10.1. The minimum atomic E-state index is -0.583. The summed E-state index contributed by atoms with van der Waals surface area (Å²) in [5.41, 5.74) is 0.710.